The Bertz CT molecular complexity index is 831. The summed E-state index contributed by atoms with van der Waals surface area (Å²) in [6.07, 6.45) is 2.26. The summed E-state index contributed by atoms with van der Waals surface area (Å²) in [5, 5.41) is 1.38. The predicted molar refractivity (Wildman–Crippen MR) is 89.8 cm³/mol. The first kappa shape index (κ1) is 12.7. The number of benzene rings is 2. The van der Waals surface area contributed by atoms with Crippen LogP contribution in [-0.2, 0) is 18.3 Å². The number of hydrogen-bond donors (Lipinski definition) is 1. The maximum absolute atomic E-state index is 3.64. The SMILES string of the molecule is CC(C)(C)c1ccc2[nH]c3c(c2c1)-c1ccccc1CC3. The van der Waals surface area contributed by atoms with Crippen LogP contribution in [0.2, 0.25) is 0 Å². The van der Waals surface area contributed by atoms with Gasteiger partial charge in [-0.15, -0.1) is 0 Å². The minimum absolute atomic E-state index is 0.187. The smallest absolute Gasteiger partial charge is 0.0462 e. The molecule has 1 heteroatoms. The van der Waals surface area contributed by atoms with Gasteiger partial charge in [0.25, 0.3) is 0 Å². The molecular formula is C20H21N. The second-order valence-corrected chi connectivity index (χ2v) is 7.15. The summed E-state index contributed by atoms with van der Waals surface area (Å²) in [5.74, 6) is 0. The number of aryl methyl sites for hydroxylation is 2. The lowest BCUT2D eigenvalue weighted by atomic mass is 9.84. The van der Waals surface area contributed by atoms with Crippen LogP contribution in [0.25, 0.3) is 22.0 Å². The van der Waals surface area contributed by atoms with Gasteiger partial charge in [0.1, 0.15) is 0 Å². The van der Waals surface area contributed by atoms with Gasteiger partial charge in [0.15, 0.2) is 0 Å². The third-order valence-corrected chi connectivity index (χ3v) is 4.67. The van der Waals surface area contributed by atoms with Crippen LogP contribution in [0.5, 0.6) is 0 Å². The van der Waals surface area contributed by atoms with E-state index in [1.165, 1.54) is 38.9 Å². The molecule has 4 rings (SSSR count). The van der Waals surface area contributed by atoms with Crippen LogP contribution < -0.4 is 0 Å². The highest BCUT2D eigenvalue weighted by Gasteiger charge is 2.22. The van der Waals surface area contributed by atoms with Gasteiger partial charge in [0, 0.05) is 22.2 Å². The van der Waals surface area contributed by atoms with Crippen LogP contribution in [-0.4, -0.2) is 4.98 Å². The lowest BCUT2D eigenvalue weighted by Gasteiger charge is -2.20. The van der Waals surface area contributed by atoms with Gasteiger partial charge in [-0.25, -0.2) is 0 Å². The highest BCUT2D eigenvalue weighted by atomic mass is 14.7. The van der Waals surface area contributed by atoms with E-state index >= 15 is 0 Å². The lowest BCUT2D eigenvalue weighted by Crippen LogP contribution is -2.10. The Balaban J connectivity index is 2.03. The second kappa shape index (κ2) is 4.24. The molecule has 106 valence electrons. The largest absolute Gasteiger partial charge is 0.358 e. The fraction of sp³-hybridized carbons (Fsp3) is 0.300. The summed E-state index contributed by atoms with van der Waals surface area (Å²) in [7, 11) is 0. The van der Waals surface area contributed by atoms with Gasteiger partial charge in [0.2, 0.25) is 0 Å². The molecule has 0 radical (unpaired) electrons. The van der Waals surface area contributed by atoms with Crippen molar-refractivity contribution in [2.75, 3.05) is 0 Å². The Hall–Kier alpha value is -2.02. The van der Waals surface area contributed by atoms with Gasteiger partial charge in [-0.2, -0.15) is 0 Å². The summed E-state index contributed by atoms with van der Waals surface area (Å²) in [4.78, 5) is 3.64. The average Bonchev–Trinajstić information content (AvgIpc) is 2.84. The topological polar surface area (TPSA) is 15.8 Å². The summed E-state index contributed by atoms with van der Waals surface area (Å²) in [5.41, 5.74) is 8.58. The molecule has 0 amide bonds. The summed E-state index contributed by atoms with van der Waals surface area (Å²) >= 11 is 0. The van der Waals surface area contributed by atoms with E-state index in [1.54, 1.807) is 0 Å². The van der Waals surface area contributed by atoms with Crippen LogP contribution in [0.3, 0.4) is 0 Å². The fourth-order valence-electron chi connectivity index (χ4n) is 3.45. The zero-order valence-electron chi connectivity index (χ0n) is 13.0. The van der Waals surface area contributed by atoms with Crippen LogP contribution in [0, 0.1) is 0 Å². The van der Waals surface area contributed by atoms with Crippen LogP contribution in [0.4, 0.5) is 0 Å². The average molecular weight is 275 g/mol. The molecule has 0 atom stereocenters. The standard InChI is InChI=1S/C20H21N/c1-20(2,3)14-9-11-17-16(12-14)19-15-7-5-4-6-13(15)8-10-18(19)21-17/h4-7,9,11-12,21H,8,10H2,1-3H3. The molecule has 1 heterocycles. The molecule has 21 heavy (non-hydrogen) atoms. The fourth-order valence-corrected chi connectivity index (χ4v) is 3.45. The van der Waals surface area contributed by atoms with E-state index in [0.717, 1.165) is 12.8 Å². The van der Waals surface area contributed by atoms with E-state index in [0.29, 0.717) is 0 Å². The molecule has 1 aromatic heterocycles. The monoisotopic (exact) mass is 275 g/mol. The Kier molecular flexibility index (Phi) is 2.56. The summed E-state index contributed by atoms with van der Waals surface area (Å²) in [6.45, 7) is 6.84. The molecule has 0 saturated heterocycles. The zero-order valence-corrected chi connectivity index (χ0v) is 13.0. The number of aromatic nitrogens is 1. The number of rotatable bonds is 0. The van der Waals surface area contributed by atoms with Crippen molar-refractivity contribution in [3.05, 3.63) is 59.3 Å². The molecular weight excluding hydrogens is 254 g/mol. The van der Waals surface area contributed by atoms with E-state index in [2.05, 4.69) is 68.2 Å². The number of nitrogens with one attached hydrogen (secondary N) is 1. The highest BCUT2D eigenvalue weighted by molar-refractivity contribution is 5.99. The molecule has 1 aliphatic carbocycles. The van der Waals surface area contributed by atoms with Crippen molar-refractivity contribution in [2.24, 2.45) is 0 Å². The van der Waals surface area contributed by atoms with E-state index in [4.69, 9.17) is 0 Å². The lowest BCUT2D eigenvalue weighted by molar-refractivity contribution is 0.591. The second-order valence-electron chi connectivity index (χ2n) is 7.15. The molecule has 0 unspecified atom stereocenters. The minimum Gasteiger partial charge on any atom is -0.358 e. The number of hydrogen-bond acceptors (Lipinski definition) is 0. The van der Waals surface area contributed by atoms with Gasteiger partial charge >= 0.3 is 0 Å². The Morgan fingerprint density at radius 1 is 0.952 bits per heavy atom. The number of H-pyrrole nitrogens is 1. The molecule has 0 fully saturated rings. The quantitative estimate of drug-likeness (QED) is 0.578. The maximum atomic E-state index is 3.64. The van der Waals surface area contributed by atoms with E-state index < -0.39 is 0 Å². The van der Waals surface area contributed by atoms with Gasteiger partial charge < -0.3 is 4.98 Å². The maximum Gasteiger partial charge on any atom is 0.0462 e. The van der Waals surface area contributed by atoms with Crippen LogP contribution in [0.1, 0.15) is 37.6 Å². The van der Waals surface area contributed by atoms with Crippen molar-refractivity contribution >= 4 is 10.9 Å². The van der Waals surface area contributed by atoms with Crippen molar-refractivity contribution in [2.45, 2.75) is 39.0 Å². The van der Waals surface area contributed by atoms with E-state index in [1.807, 2.05) is 0 Å². The molecule has 0 aliphatic heterocycles. The summed E-state index contributed by atoms with van der Waals surface area (Å²) in [6, 6.07) is 15.7. The Morgan fingerprint density at radius 3 is 2.57 bits per heavy atom. The van der Waals surface area contributed by atoms with E-state index in [9.17, 15) is 0 Å². The van der Waals surface area contributed by atoms with Gasteiger partial charge in [-0.05, 0) is 47.1 Å². The third kappa shape index (κ3) is 1.91. The normalized spacial score (nSPS) is 14.0. The molecule has 3 aromatic rings. The molecule has 1 nitrogen and oxygen atoms in total. The van der Waals surface area contributed by atoms with Gasteiger partial charge in [0.05, 0.1) is 0 Å². The van der Waals surface area contributed by atoms with Gasteiger partial charge in [-0.3, -0.25) is 0 Å². The highest BCUT2D eigenvalue weighted by Crippen LogP contribution is 2.40. The Labute approximate surface area is 126 Å². The van der Waals surface area contributed by atoms with Crippen LogP contribution >= 0.6 is 0 Å². The molecule has 0 saturated carbocycles. The Morgan fingerprint density at radius 2 is 1.76 bits per heavy atom. The molecule has 1 aliphatic rings. The first-order valence-electron chi connectivity index (χ1n) is 7.77. The van der Waals surface area contributed by atoms with Crippen molar-refractivity contribution in [1.82, 2.24) is 4.98 Å². The minimum atomic E-state index is 0.187. The summed E-state index contributed by atoms with van der Waals surface area (Å²) < 4.78 is 0. The first-order valence-corrected chi connectivity index (χ1v) is 7.77. The van der Waals surface area contributed by atoms with Crippen LogP contribution in [0.15, 0.2) is 42.5 Å². The van der Waals surface area contributed by atoms with Crippen molar-refractivity contribution < 1.29 is 0 Å². The third-order valence-electron chi connectivity index (χ3n) is 4.67. The van der Waals surface area contributed by atoms with Crippen molar-refractivity contribution in [3.8, 4) is 11.1 Å². The first-order chi connectivity index (χ1) is 10.0. The predicted octanol–water partition coefficient (Wildman–Crippen LogP) is 5.23. The number of fused-ring (bicyclic) bond motifs is 5. The zero-order chi connectivity index (χ0) is 14.6. The van der Waals surface area contributed by atoms with Crippen molar-refractivity contribution in [3.63, 3.8) is 0 Å². The van der Waals surface area contributed by atoms with E-state index in [-0.39, 0.29) is 5.41 Å². The number of aromatic amines is 1. The molecule has 0 spiro atoms. The molecule has 1 N–H and O–H groups in total. The molecule has 2 aromatic carbocycles. The van der Waals surface area contributed by atoms with Gasteiger partial charge in [-0.1, -0.05) is 51.1 Å². The van der Waals surface area contributed by atoms with Crippen molar-refractivity contribution in [1.29, 1.82) is 0 Å². The molecule has 0 bridgehead atoms.